The number of nitrogens with zero attached hydrogens (tertiary/aromatic N) is 1. The number of carboxylic acids is 2. The van der Waals surface area contributed by atoms with E-state index in [1.54, 1.807) is 0 Å². The van der Waals surface area contributed by atoms with Crippen LogP contribution in [-0.4, -0.2) is 88.2 Å². The Balaban J connectivity index is 3.08. The zero-order valence-corrected chi connectivity index (χ0v) is 22.6. The number of hydrogen-bond donors (Lipinski definition) is 10. The lowest BCUT2D eigenvalue weighted by atomic mass is 10.0. The average molecular weight is 581 g/mol. The Kier molecular flexibility index (Phi) is 15.2. The van der Waals surface area contributed by atoms with Gasteiger partial charge in [-0.3, -0.25) is 24.2 Å². The van der Waals surface area contributed by atoms with Crippen LogP contribution in [0.4, 0.5) is 0 Å². The Morgan fingerprint density at radius 3 is 1.85 bits per heavy atom. The van der Waals surface area contributed by atoms with Gasteiger partial charge in [0.1, 0.15) is 23.9 Å². The number of nitrogens with one attached hydrogen (secondary N) is 3. The van der Waals surface area contributed by atoms with Gasteiger partial charge in [-0.15, -0.1) is 0 Å². The topological polar surface area (TPSA) is 299 Å². The van der Waals surface area contributed by atoms with Gasteiger partial charge >= 0.3 is 11.9 Å². The second-order valence-electron chi connectivity index (χ2n) is 9.33. The summed E-state index contributed by atoms with van der Waals surface area (Å²) in [5.41, 5.74) is 22.3. The number of phenolic OH excluding ortho intramolecular Hbond substituents is 1. The van der Waals surface area contributed by atoms with Crippen molar-refractivity contribution in [1.29, 1.82) is 0 Å². The lowest BCUT2D eigenvalue weighted by Crippen LogP contribution is -2.57. The molecular formula is C25H40N8O8. The lowest BCUT2D eigenvalue weighted by Gasteiger charge is -2.25. The molecule has 16 nitrogen and oxygen atoms in total. The molecule has 0 aromatic heterocycles. The number of rotatable bonds is 19. The molecule has 0 radical (unpaired) electrons. The molecule has 1 aromatic rings. The van der Waals surface area contributed by atoms with Crippen molar-refractivity contribution < 1.29 is 39.3 Å². The summed E-state index contributed by atoms with van der Waals surface area (Å²) < 4.78 is 0. The van der Waals surface area contributed by atoms with Crippen LogP contribution < -0.4 is 38.9 Å². The van der Waals surface area contributed by atoms with E-state index in [4.69, 9.17) is 28.0 Å². The van der Waals surface area contributed by atoms with Gasteiger partial charge in [-0.05, 0) is 56.3 Å². The molecule has 16 heteroatoms. The quantitative estimate of drug-likeness (QED) is 0.0460. The zero-order valence-electron chi connectivity index (χ0n) is 22.6. The number of carbonyl (C=O) groups excluding carboxylic acids is 3. The first-order valence-corrected chi connectivity index (χ1v) is 13.0. The first kappa shape index (κ1) is 34.6. The molecule has 0 aliphatic rings. The maximum Gasteiger partial charge on any atom is 0.326 e. The number of aliphatic carboxylic acids is 2. The molecule has 0 bridgehead atoms. The van der Waals surface area contributed by atoms with Crippen molar-refractivity contribution in [3.05, 3.63) is 29.8 Å². The first-order valence-electron chi connectivity index (χ1n) is 13.0. The number of amides is 3. The monoisotopic (exact) mass is 580 g/mol. The third kappa shape index (κ3) is 14.0. The molecule has 0 aliphatic carbocycles. The van der Waals surface area contributed by atoms with E-state index < -0.39 is 60.2 Å². The largest absolute Gasteiger partial charge is 0.508 e. The molecule has 228 valence electrons. The minimum absolute atomic E-state index is 0.00352. The number of aliphatic imine (C=N–C) groups is 1. The molecule has 0 heterocycles. The molecule has 1 aromatic carbocycles. The Morgan fingerprint density at radius 1 is 0.805 bits per heavy atom. The van der Waals surface area contributed by atoms with Crippen LogP contribution in [0.1, 0.15) is 44.1 Å². The highest BCUT2D eigenvalue weighted by Gasteiger charge is 2.30. The summed E-state index contributed by atoms with van der Waals surface area (Å²) >= 11 is 0. The van der Waals surface area contributed by atoms with E-state index in [0.717, 1.165) is 0 Å². The molecule has 0 saturated carbocycles. The molecular weight excluding hydrogens is 540 g/mol. The smallest absolute Gasteiger partial charge is 0.326 e. The fourth-order valence-electron chi connectivity index (χ4n) is 3.71. The molecule has 14 N–H and O–H groups in total. The predicted molar refractivity (Wildman–Crippen MR) is 148 cm³/mol. The fraction of sp³-hybridized carbons (Fsp3) is 0.520. The van der Waals surface area contributed by atoms with E-state index in [1.807, 2.05) is 0 Å². The van der Waals surface area contributed by atoms with Gasteiger partial charge in [-0.2, -0.15) is 0 Å². The van der Waals surface area contributed by atoms with E-state index in [1.165, 1.54) is 24.3 Å². The van der Waals surface area contributed by atoms with Crippen LogP contribution >= 0.6 is 0 Å². The lowest BCUT2D eigenvalue weighted by molar-refractivity contribution is -0.142. The van der Waals surface area contributed by atoms with Crippen molar-refractivity contribution in [3.8, 4) is 5.75 Å². The second-order valence-corrected chi connectivity index (χ2v) is 9.33. The summed E-state index contributed by atoms with van der Waals surface area (Å²) in [6.45, 7) is 0.451. The van der Waals surface area contributed by atoms with Gasteiger partial charge in [0.25, 0.3) is 0 Å². The van der Waals surface area contributed by atoms with Gasteiger partial charge in [-0.1, -0.05) is 12.1 Å². The Bertz CT molecular complexity index is 1060. The third-order valence-electron chi connectivity index (χ3n) is 5.88. The van der Waals surface area contributed by atoms with E-state index in [-0.39, 0.29) is 43.9 Å². The molecule has 0 spiro atoms. The normalized spacial score (nSPS) is 13.6. The molecule has 0 saturated heterocycles. The highest BCUT2D eigenvalue weighted by atomic mass is 16.4. The molecule has 0 unspecified atom stereocenters. The summed E-state index contributed by atoms with van der Waals surface area (Å²) in [5.74, 6) is -5.22. The van der Waals surface area contributed by atoms with E-state index in [2.05, 4.69) is 20.9 Å². The number of guanidine groups is 1. The summed E-state index contributed by atoms with van der Waals surface area (Å²) in [6, 6.07) is 0.622. The molecule has 41 heavy (non-hydrogen) atoms. The van der Waals surface area contributed by atoms with Gasteiger partial charge in [0.05, 0.1) is 12.5 Å². The van der Waals surface area contributed by atoms with Crippen molar-refractivity contribution in [2.45, 2.75) is 69.1 Å². The standard InChI is InChI=1S/C25H40N8O8/c26-10-2-1-4-17(23(39)33-19(24(40)41)12-14-6-8-15(34)9-7-14)32-22(38)18(5-3-11-30-25(28)29)31-21(37)16(27)13-20(35)36/h6-9,16-19,34H,1-5,10-13,26-27H2,(H,31,37)(H,32,38)(H,33,39)(H,35,36)(H,40,41)(H4,28,29,30)/t16-,17-,18-,19-/m0/s1. The van der Waals surface area contributed by atoms with Crippen molar-refractivity contribution in [2.24, 2.45) is 27.9 Å². The summed E-state index contributed by atoms with van der Waals surface area (Å²) in [5, 5.41) is 35.4. The van der Waals surface area contributed by atoms with Crippen LogP contribution in [0.25, 0.3) is 0 Å². The van der Waals surface area contributed by atoms with Crippen LogP contribution in [0.3, 0.4) is 0 Å². The number of unbranched alkanes of at least 4 members (excludes halogenated alkanes) is 1. The average Bonchev–Trinajstić information content (AvgIpc) is 2.89. The minimum Gasteiger partial charge on any atom is -0.508 e. The highest BCUT2D eigenvalue weighted by molar-refractivity contribution is 5.94. The van der Waals surface area contributed by atoms with E-state index >= 15 is 0 Å². The molecule has 4 atom stereocenters. The van der Waals surface area contributed by atoms with Gasteiger partial charge in [0.15, 0.2) is 5.96 Å². The van der Waals surface area contributed by atoms with Crippen LogP contribution in [0.5, 0.6) is 5.75 Å². The molecule has 1 rings (SSSR count). The van der Waals surface area contributed by atoms with Crippen molar-refractivity contribution in [1.82, 2.24) is 16.0 Å². The Hall–Kier alpha value is -4.44. The van der Waals surface area contributed by atoms with Crippen molar-refractivity contribution in [3.63, 3.8) is 0 Å². The van der Waals surface area contributed by atoms with Gasteiger partial charge < -0.3 is 54.2 Å². The molecule has 3 amide bonds. The Morgan fingerprint density at radius 2 is 1.34 bits per heavy atom. The maximum absolute atomic E-state index is 13.2. The number of carbonyl (C=O) groups is 5. The second kappa shape index (κ2) is 18.0. The van der Waals surface area contributed by atoms with Crippen LogP contribution in [0.2, 0.25) is 0 Å². The highest BCUT2D eigenvalue weighted by Crippen LogP contribution is 2.12. The molecule has 0 aliphatic heterocycles. The van der Waals surface area contributed by atoms with E-state index in [9.17, 15) is 34.2 Å². The Labute approximate surface area is 236 Å². The zero-order chi connectivity index (χ0) is 30.9. The number of hydrogen-bond acceptors (Lipinski definition) is 9. The van der Waals surface area contributed by atoms with Crippen LogP contribution in [-0.2, 0) is 30.4 Å². The van der Waals surface area contributed by atoms with E-state index in [0.29, 0.717) is 24.9 Å². The minimum atomic E-state index is -1.43. The summed E-state index contributed by atoms with van der Waals surface area (Å²) in [6.07, 6.45) is 0.569. The van der Waals surface area contributed by atoms with Gasteiger partial charge in [0.2, 0.25) is 17.7 Å². The van der Waals surface area contributed by atoms with Crippen molar-refractivity contribution in [2.75, 3.05) is 13.1 Å². The van der Waals surface area contributed by atoms with Crippen LogP contribution in [0.15, 0.2) is 29.3 Å². The first-order chi connectivity index (χ1) is 19.3. The SMILES string of the molecule is NCCCC[C@H](NC(=O)[C@H](CCCN=C(N)N)NC(=O)[C@@H](N)CC(=O)O)C(=O)N[C@@H](Cc1ccc(O)cc1)C(=O)O. The van der Waals surface area contributed by atoms with Crippen molar-refractivity contribution >= 4 is 35.6 Å². The number of nitrogens with two attached hydrogens (primary N) is 4. The van der Waals surface area contributed by atoms with Gasteiger partial charge in [-0.25, -0.2) is 4.79 Å². The predicted octanol–water partition coefficient (Wildman–Crippen LogP) is -2.54. The van der Waals surface area contributed by atoms with Gasteiger partial charge in [0, 0.05) is 13.0 Å². The molecule has 0 fully saturated rings. The number of phenols is 1. The fourth-order valence-corrected chi connectivity index (χ4v) is 3.71. The summed E-state index contributed by atoms with van der Waals surface area (Å²) in [4.78, 5) is 65.5. The number of aromatic hydroxyl groups is 1. The van der Waals surface area contributed by atoms with Crippen LogP contribution in [0, 0.1) is 0 Å². The number of carboxylic acid groups (broad SMARTS) is 2. The maximum atomic E-state index is 13.2. The summed E-state index contributed by atoms with van der Waals surface area (Å²) in [7, 11) is 0. The third-order valence-corrected chi connectivity index (χ3v) is 5.88. The number of benzene rings is 1.